The van der Waals surface area contributed by atoms with Gasteiger partial charge < -0.3 is 10.6 Å². The van der Waals surface area contributed by atoms with Gasteiger partial charge in [0.1, 0.15) is 0 Å². The molecule has 0 atom stereocenters. The molecule has 0 bridgehead atoms. The third-order valence-electron chi connectivity index (χ3n) is 3.67. The van der Waals surface area contributed by atoms with Crippen LogP contribution in [0.15, 0.2) is 24.8 Å². The molecule has 2 N–H and O–H groups in total. The molecule has 1 aliphatic rings. The molecule has 2 rings (SSSR count). The molecule has 4 nitrogen and oxygen atoms in total. The largest absolute Gasteiger partial charge is 0.333 e. The second-order valence-electron chi connectivity index (χ2n) is 5.38. The van der Waals surface area contributed by atoms with Gasteiger partial charge in [0.25, 0.3) is 0 Å². The first kappa shape index (κ1) is 16.5. The number of nitrogens with zero attached hydrogens (tertiary/aromatic N) is 2. The molecule has 116 valence electrons. The van der Waals surface area contributed by atoms with Crippen LogP contribution in [0.25, 0.3) is 0 Å². The summed E-state index contributed by atoms with van der Waals surface area (Å²) in [4.78, 5) is 17.6. The van der Waals surface area contributed by atoms with E-state index < -0.39 is 0 Å². The number of thiophene rings is 1. The first-order valence-corrected chi connectivity index (χ1v) is 8.38. The molecule has 0 spiro atoms. The van der Waals surface area contributed by atoms with Crippen LogP contribution >= 0.6 is 22.9 Å². The quantitative estimate of drug-likeness (QED) is 0.816. The molecule has 2 heterocycles. The first-order chi connectivity index (χ1) is 10.1. The maximum absolute atomic E-state index is 12.5. The molecule has 21 heavy (non-hydrogen) atoms. The average molecular weight is 328 g/mol. The zero-order valence-corrected chi connectivity index (χ0v) is 13.7. The minimum Gasteiger partial charge on any atom is -0.333 e. The highest BCUT2D eigenvalue weighted by atomic mass is 35.5. The number of carbonyl (C=O) groups excluding carboxylic acids is 1. The van der Waals surface area contributed by atoms with Gasteiger partial charge in [-0.1, -0.05) is 17.7 Å². The molecule has 1 fully saturated rings. The molecule has 1 amide bonds. The Morgan fingerprint density at radius 1 is 1.52 bits per heavy atom. The van der Waals surface area contributed by atoms with E-state index in [1.54, 1.807) is 6.08 Å². The topological polar surface area (TPSA) is 49.6 Å². The third kappa shape index (κ3) is 5.11. The summed E-state index contributed by atoms with van der Waals surface area (Å²) in [6.45, 7) is 7.15. The monoisotopic (exact) mass is 327 g/mol. The SMILES string of the molecule is C=CCN(Cc1ccc(Cl)s1)C(=O)CN1CCC(N)CC1. The van der Waals surface area contributed by atoms with Gasteiger partial charge in [-0.15, -0.1) is 17.9 Å². The van der Waals surface area contributed by atoms with Gasteiger partial charge in [0.05, 0.1) is 17.4 Å². The lowest BCUT2D eigenvalue weighted by atomic mass is 10.1. The Hall–Kier alpha value is -0.880. The second-order valence-corrected chi connectivity index (χ2v) is 7.18. The van der Waals surface area contributed by atoms with Crippen LogP contribution in [0.1, 0.15) is 17.7 Å². The van der Waals surface area contributed by atoms with Gasteiger partial charge in [0.2, 0.25) is 5.91 Å². The van der Waals surface area contributed by atoms with Crippen molar-refractivity contribution in [1.82, 2.24) is 9.80 Å². The summed E-state index contributed by atoms with van der Waals surface area (Å²) in [7, 11) is 0. The van der Waals surface area contributed by atoms with E-state index >= 15 is 0 Å². The zero-order chi connectivity index (χ0) is 15.2. The second kappa shape index (κ2) is 7.94. The minimum atomic E-state index is 0.134. The smallest absolute Gasteiger partial charge is 0.237 e. The van der Waals surface area contributed by atoms with E-state index in [1.165, 1.54) is 11.3 Å². The summed E-state index contributed by atoms with van der Waals surface area (Å²) in [5, 5.41) is 0. The van der Waals surface area contributed by atoms with Crippen molar-refractivity contribution in [2.24, 2.45) is 5.73 Å². The van der Waals surface area contributed by atoms with E-state index in [1.807, 2.05) is 17.0 Å². The van der Waals surface area contributed by atoms with E-state index in [0.717, 1.165) is 35.1 Å². The molecule has 6 heteroatoms. The lowest BCUT2D eigenvalue weighted by molar-refractivity contribution is -0.132. The van der Waals surface area contributed by atoms with Crippen LogP contribution in [-0.4, -0.2) is 47.9 Å². The van der Waals surface area contributed by atoms with Crippen LogP contribution in [0.5, 0.6) is 0 Å². The summed E-state index contributed by atoms with van der Waals surface area (Å²) in [6, 6.07) is 4.12. The molecule has 0 radical (unpaired) electrons. The summed E-state index contributed by atoms with van der Waals surface area (Å²) in [5.41, 5.74) is 5.89. The summed E-state index contributed by atoms with van der Waals surface area (Å²) in [6.07, 6.45) is 3.70. The number of halogens is 1. The van der Waals surface area contributed by atoms with Gasteiger partial charge >= 0.3 is 0 Å². The van der Waals surface area contributed by atoms with Crippen LogP contribution in [-0.2, 0) is 11.3 Å². The van der Waals surface area contributed by atoms with E-state index in [0.29, 0.717) is 19.6 Å². The van der Waals surface area contributed by atoms with Gasteiger partial charge in [-0.05, 0) is 25.0 Å². The standard InChI is InChI=1S/C15H22ClN3OS/c1-2-7-19(10-13-3-4-14(16)21-13)15(20)11-18-8-5-12(17)6-9-18/h2-4,12H,1,5-11,17H2. The number of carbonyl (C=O) groups is 1. The number of nitrogens with two attached hydrogens (primary N) is 1. The van der Waals surface area contributed by atoms with E-state index in [2.05, 4.69) is 11.5 Å². The van der Waals surface area contributed by atoms with Crippen molar-refractivity contribution in [1.29, 1.82) is 0 Å². The van der Waals surface area contributed by atoms with Crippen molar-refractivity contribution in [2.75, 3.05) is 26.2 Å². The Morgan fingerprint density at radius 3 is 2.81 bits per heavy atom. The van der Waals surface area contributed by atoms with E-state index in [9.17, 15) is 4.79 Å². The van der Waals surface area contributed by atoms with Crippen molar-refractivity contribution in [3.63, 3.8) is 0 Å². The van der Waals surface area contributed by atoms with Crippen LogP contribution < -0.4 is 5.73 Å². The van der Waals surface area contributed by atoms with Gasteiger partial charge in [0.15, 0.2) is 0 Å². The van der Waals surface area contributed by atoms with Gasteiger partial charge in [-0.2, -0.15) is 0 Å². The Bertz CT molecular complexity index is 483. The number of piperidine rings is 1. The van der Waals surface area contributed by atoms with Crippen LogP contribution in [0.4, 0.5) is 0 Å². The molecular weight excluding hydrogens is 306 g/mol. The number of amides is 1. The van der Waals surface area contributed by atoms with Gasteiger partial charge in [0, 0.05) is 30.6 Å². The average Bonchev–Trinajstić information content (AvgIpc) is 2.86. The highest BCUT2D eigenvalue weighted by molar-refractivity contribution is 7.16. The highest BCUT2D eigenvalue weighted by Gasteiger charge is 2.21. The van der Waals surface area contributed by atoms with Crippen molar-refractivity contribution >= 4 is 28.8 Å². The lowest BCUT2D eigenvalue weighted by Crippen LogP contribution is -2.45. The molecule has 1 aromatic rings. The Labute approximate surface area is 135 Å². The third-order valence-corrected chi connectivity index (χ3v) is 4.88. The first-order valence-electron chi connectivity index (χ1n) is 7.19. The Morgan fingerprint density at radius 2 is 2.24 bits per heavy atom. The fourth-order valence-corrected chi connectivity index (χ4v) is 3.54. The molecule has 0 saturated carbocycles. The Kier molecular flexibility index (Phi) is 6.23. The number of hydrogen-bond donors (Lipinski definition) is 1. The summed E-state index contributed by atoms with van der Waals surface area (Å²) in [5.74, 6) is 0.134. The fraction of sp³-hybridized carbons (Fsp3) is 0.533. The van der Waals surface area contributed by atoms with Crippen molar-refractivity contribution in [3.05, 3.63) is 34.0 Å². The maximum atomic E-state index is 12.5. The summed E-state index contributed by atoms with van der Waals surface area (Å²) < 4.78 is 0.751. The molecule has 1 saturated heterocycles. The number of likely N-dealkylation sites (tertiary alicyclic amines) is 1. The number of hydrogen-bond acceptors (Lipinski definition) is 4. The van der Waals surface area contributed by atoms with E-state index in [4.69, 9.17) is 17.3 Å². The zero-order valence-electron chi connectivity index (χ0n) is 12.1. The normalized spacial score (nSPS) is 16.9. The molecule has 1 aromatic heterocycles. The fourth-order valence-electron chi connectivity index (χ4n) is 2.44. The predicted octanol–water partition coefficient (Wildman–Crippen LogP) is 2.34. The molecular formula is C15H22ClN3OS. The molecule has 0 aromatic carbocycles. The van der Waals surface area contributed by atoms with E-state index in [-0.39, 0.29) is 11.9 Å². The predicted molar refractivity (Wildman–Crippen MR) is 88.6 cm³/mol. The molecule has 1 aliphatic heterocycles. The highest BCUT2D eigenvalue weighted by Crippen LogP contribution is 2.22. The van der Waals surface area contributed by atoms with Crippen molar-refractivity contribution in [2.45, 2.75) is 25.4 Å². The van der Waals surface area contributed by atoms with Crippen LogP contribution in [0.2, 0.25) is 4.34 Å². The van der Waals surface area contributed by atoms with Gasteiger partial charge in [-0.25, -0.2) is 0 Å². The van der Waals surface area contributed by atoms with Gasteiger partial charge in [-0.3, -0.25) is 9.69 Å². The van der Waals surface area contributed by atoms with Crippen LogP contribution in [0.3, 0.4) is 0 Å². The van der Waals surface area contributed by atoms with Crippen LogP contribution in [0, 0.1) is 0 Å². The minimum absolute atomic E-state index is 0.134. The number of rotatable bonds is 6. The summed E-state index contributed by atoms with van der Waals surface area (Å²) >= 11 is 7.46. The Balaban J connectivity index is 1.90. The molecule has 0 unspecified atom stereocenters. The maximum Gasteiger partial charge on any atom is 0.237 e. The molecule has 0 aliphatic carbocycles. The van der Waals surface area contributed by atoms with Crippen molar-refractivity contribution < 1.29 is 4.79 Å². The lowest BCUT2D eigenvalue weighted by Gasteiger charge is -2.31. The van der Waals surface area contributed by atoms with Crippen molar-refractivity contribution in [3.8, 4) is 0 Å².